The summed E-state index contributed by atoms with van der Waals surface area (Å²) in [4.78, 5) is 21.5. The van der Waals surface area contributed by atoms with E-state index in [1.807, 2.05) is 0 Å². The topological polar surface area (TPSA) is 121 Å². The van der Waals surface area contributed by atoms with Gasteiger partial charge in [0, 0.05) is 11.5 Å². The second-order valence-corrected chi connectivity index (χ2v) is 5.17. The van der Waals surface area contributed by atoms with E-state index < -0.39 is 22.4 Å². The number of carboxylic acids is 2. The van der Waals surface area contributed by atoms with Crippen molar-refractivity contribution in [3.8, 4) is 0 Å². The van der Waals surface area contributed by atoms with Gasteiger partial charge in [0.25, 0.3) is 0 Å². The van der Waals surface area contributed by atoms with E-state index in [1.165, 1.54) is 0 Å². The number of carbonyl (C=O) groups is 2. The molecular formula is C8H12Na2O6S2. The van der Waals surface area contributed by atoms with Crippen molar-refractivity contribution in [2.45, 2.75) is 10.5 Å². The number of thioether (sulfide) groups is 2. The first-order valence-corrected chi connectivity index (χ1v) is 6.51. The van der Waals surface area contributed by atoms with Gasteiger partial charge in [-0.3, -0.25) is 0 Å². The maximum Gasteiger partial charge on any atom is 1.00 e. The minimum atomic E-state index is -1.52. The minimum absolute atomic E-state index is 0. The minimum Gasteiger partial charge on any atom is -0.549 e. The summed E-state index contributed by atoms with van der Waals surface area (Å²) in [6.45, 7) is -0.502. The van der Waals surface area contributed by atoms with E-state index in [1.54, 1.807) is 0 Å². The quantitative estimate of drug-likeness (QED) is 0.403. The van der Waals surface area contributed by atoms with Gasteiger partial charge in [-0.1, -0.05) is 0 Å². The van der Waals surface area contributed by atoms with Crippen LogP contribution in [0.5, 0.6) is 0 Å². The molecule has 0 aromatic heterocycles. The molecule has 6 nitrogen and oxygen atoms in total. The van der Waals surface area contributed by atoms with E-state index in [-0.39, 0.29) is 83.8 Å². The van der Waals surface area contributed by atoms with E-state index in [0.717, 1.165) is 23.5 Å². The van der Waals surface area contributed by atoms with Crippen LogP contribution in [0.3, 0.4) is 0 Å². The van der Waals surface area contributed by atoms with Crippen LogP contribution >= 0.6 is 23.5 Å². The van der Waals surface area contributed by atoms with Crippen molar-refractivity contribution >= 4 is 35.5 Å². The summed E-state index contributed by atoms with van der Waals surface area (Å²) in [5, 5.41) is 36.0. The van der Waals surface area contributed by atoms with E-state index in [4.69, 9.17) is 10.2 Å². The second-order valence-electron chi connectivity index (χ2n) is 2.67. The molecule has 0 aliphatic rings. The monoisotopic (exact) mass is 314 g/mol. The zero-order valence-electron chi connectivity index (χ0n) is 10.3. The molecule has 0 heterocycles. The van der Waals surface area contributed by atoms with Gasteiger partial charge < -0.3 is 30.0 Å². The van der Waals surface area contributed by atoms with Gasteiger partial charge in [-0.25, -0.2) is 0 Å². The average molecular weight is 314 g/mol. The van der Waals surface area contributed by atoms with Crippen molar-refractivity contribution in [3.63, 3.8) is 0 Å². The summed E-state index contributed by atoms with van der Waals surface area (Å²) >= 11 is 1.56. The number of carboxylic acid groups (broad SMARTS) is 2. The summed E-state index contributed by atoms with van der Waals surface area (Å²) < 4.78 is 0. The van der Waals surface area contributed by atoms with Crippen molar-refractivity contribution in [1.29, 1.82) is 0 Å². The summed E-state index contributed by atoms with van der Waals surface area (Å²) in [6.07, 6.45) is 0. The van der Waals surface area contributed by atoms with E-state index in [2.05, 4.69) is 0 Å². The van der Waals surface area contributed by atoms with Gasteiger partial charge in [0.2, 0.25) is 0 Å². The predicted octanol–water partition coefficient (Wildman–Crippen LogP) is -9.32. The molecule has 0 radical (unpaired) electrons. The Labute approximate surface area is 158 Å². The van der Waals surface area contributed by atoms with Crippen molar-refractivity contribution < 1.29 is 89.1 Å². The summed E-state index contributed by atoms with van der Waals surface area (Å²) in [7, 11) is 0. The first-order chi connectivity index (χ1) is 7.54. The number of aliphatic hydroxyl groups is 2. The van der Waals surface area contributed by atoms with Crippen LogP contribution in [0.2, 0.25) is 0 Å². The number of aliphatic hydroxyl groups excluding tert-OH is 2. The molecule has 0 bridgehead atoms. The Morgan fingerprint density at radius 1 is 0.889 bits per heavy atom. The van der Waals surface area contributed by atoms with Gasteiger partial charge in [0.05, 0.1) is 35.7 Å². The van der Waals surface area contributed by atoms with Crippen LogP contribution in [0.1, 0.15) is 0 Å². The average Bonchev–Trinajstić information content (AvgIpc) is 2.21. The molecule has 0 saturated heterocycles. The Kier molecular flexibility index (Phi) is 20.4. The number of rotatable bonds is 9. The normalized spacial score (nSPS) is 12.8. The maximum atomic E-state index is 10.7. The Hall–Kier alpha value is 1.56. The molecule has 0 amide bonds. The van der Waals surface area contributed by atoms with Gasteiger partial charge >= 0.3 is 59.1 Å². The van der Waals surface area contributed by atoms with Crippen LogP contribution in [-0.2, 0) is 9.59 Å². The molecule has 18 heavy (non-hydrogen) atoms. The van der Waals surface area contributed by atoms with Crippen LogP contribution in [0.25, 0.3) is 0 Å². The largest absolute Gasteiger partial charge is 1.00 e. The third-order valence-corrected chi connectivity index (χ3v) is 4.17. The first-order valence-electron chi connectivity index (χ1n) is 4.41. The van der Waals surface area contributed by atoms with Gasteiger partial charge in [-0.05, 0) is 0 Å². The fourth-order valence-electron chi connectivity index (χ4n) is 0.917. The molecule has 0 saturated carbocycles. The second kappa shape index (κ2) is 15.0. The standard InChI is InChI=1S/C8H14O6S2.2Na/c9-1-3-15-5(7(11)12)6(8(13)14)16-4-2-10;;/h5-6,9-10H,1-4H2,(H,11,12)(H,13,14);;/q;2*+1/p-2. The van der Waals surface area contributed by atoms with E-state index in [9.17, 15) is 19.8 Å². The Morgan fingerprint density at radius 2 is 1.17 bits per heavy atom. The SMILES string of the molecule is O=C([O-])C(SCCO)C(SCCO)C(=O)[O-].[Na+].[Na+]. The zero-order valence-corrected chi connectivity index (χ0v) is 16.0. The van der Waals surface area contributed by atoms with Crippen LogP contribution in [0.4, 0.5) is 0 Å². The molecule has 0 aromatic carbocycles. The Balaban J connectivity index is -0.00000112. The fraction of sp³-hybridized carbons (Fsp3) is 0.750. The van der Waals surface area contributed by atoms with Crippen molar-refractivity contribution in [1.82, 2.24) is 0 Å². The van der Waals surface area contributed by atoms with Gasteiger partial charge in [-0.2, -0.15) is 0 Å². The molecule has 0 aliphatic heterocycles. The van der Waals surface area contributed by atoms with Gasteiger partial charge in [0.15, 0.2) is 0 Å². The number of carbonyl (C=O) groups excluding carboxylic acids is 2. The van der Waals surface area contributed by atoms with Gasteiger partial charge in [-0.15, -0.1) is 23.5 Å². The molecule has 2 unspecified atom stereocenters. The molecule has 0 aliphatic carbocycles. The van der Waals surface area contributed by atoms with Gasteiger partial charge in [0.1, 0.15) is 0 Å². The molecule has 0 rings (SSSR count). The predicted molar refractivity (Wildman–Crippen MR) is 56.7 cm³/mol. The van der Waals surface area contributed by atoms with Crippen molar-refractivity contribution in [2.75, 3.05) is 24.7 Å². The maximum absolute atomic E-state index is 10.7. The smallest absolute Gasteiger partial charge is 0.549 e. The summed E-state index contributed by atoms with van der Waals surface area (Å²) in [5.74, 6) is -2.83. The Bertz CT molecular complexity index is 220. The number of aliphatic carboxylic acids is 2. The van der Waals surface area contributed by atoms with Crippen LogP contribution < -0.4 is 69.3 Å². The molecule has 10 heteroatoms. The number of hydrogen-bond donors (Lipinski definition) is 2. The molecule has 0 fully saturated rings. The molecular weight excluding hydrogens is 302 g/mol. The zero-order chi connectivity index (χ0) is 12.6. The van der Waals surface area contributed by atoms with Crippen molar-refractivity contribution in [3.05, 3.63) is 0 Å². The molecule has 0 spiro atoms. The summed E-state index contributed by atoms with van der Waals surface area (Å²) in [6, 6.07) is 0. The molecule has 94 valence electrons. The van der Waals surface area contributed by atoms with Crippen LogP contribution in [0, 0.1) is 0 Å². The van der Waals surface area contributed by atoms with Crippen molar-refractivity contribution in [2.24, 2.45) is 0 Å². The third kappa shape index (κ3) is 10.4. The van der Waals surface area contributed by atoms with Crippen LogP contribution in [-0.4, -0.2) is 57.4 Å². The molecule has 2 N–H and O–H groups in total. The van der Waals surface area contributed by atoms with E-state index >= 15 is 0 Å². The Morgan fingerprint density at radius 3 is 1.33 bits per heavy atom. The molecule has 0 aromatic rings. The summed E-state index contributed by atoms with van der Waals surface area (Å²) in [5.41, 5.74) is 0. The number of hydrogen-bond acceptors (Lipinski definition) is 8. The first kappa shape index (κ1) is 24.6. The molecule has 2 atom stereocenters. The van der Waals surface area contributed by atoms with Crippen LogP contribution in [0.15, 0.2) is 0 Å². The third-order valence-electron chi connectivity index (χ3n) is 1.52. The van der Waals surface area contributed by atoms with E-state index in [0.29, 0.717) is 0 Å². The fourth-order valence-corrected chi connectivity index (χ4v) is 2.95.